The fourth-order valence-corrected chi connectivity index (χ4v) is 7.36. The van der Waals surface area contributed by atoms with Gasteiger partial charge in [-0.15, -0.1) is 10.2 Å². The monoisotopic (exact) mass is 666 g/mol. The van der Waals surface area contributed by atoms with Crippen LogP contribution in [0.1, 0.15) is 45.6 Å². The summed E-state index contributed by atoms with van der Waals surface area (Å²) in [4.78, 5) is 42.1. The van der Waals surface area contributed by atoms with E-state index in [0.717, 1.165) is 32.8 Å². The van der Waals surface area contributed by atoms with Gasteiger partial charge in [-0.1, -0.05) is 48.0 Å². The van der Waals surface area contributed by atoms with E-state index in [1.165, 1.54) is 0 Å². The number of amides is 2. The highest BCUT2D eigenvalue weighted by Crippen LogP contribution is 2.34. The molecule has 1 aromatic heterocycles. The van der Waals surface area contributed by atoms with Gasteiger partial charge in [0, 0.05) is 34.8 Å². The Morgan fingerprint density at radius 2 is 1.74 bits per heavy atom. The number of aryl methyl sites for hydroxylation is 1. The van der Waals surface area contributed by atoms with Crippen LogP contribution in [0.15, 0.2) is 83.9 Å². The lowest BCUT2D eigenvalue weighted by Gasteiger charge is -2.18. The molecule has 12 heteroatoms. The summed E-state index contributed by atoms with van der Waals surface area (Å²) in [7, 11) is -0.989. The normalized spacial score (nSPS) is 14.1. The number of carbonyl (C=O) groups excluding carboxylic acids is 2. The minimum atomic E-state index is -2.60. The Balaban J connectivity index is 1.18. The predicted octanol–water partition coefficient (Wildman–Crippen LogP) is 4.62. The SMILES string of the molecule is COc1ccc2c(c1)C(c1ccc(Cl)cc1)=N[C@@H](CC(=O)NCCNC(=O)c1ccc3cccc([Si](C)(C)O)c3c1)c1nnc(C)n1-2. The highest BCUT2D eigenvalue weighted by molar-refractivity contribution is 6.85. The molecule has 0 spiro atoms. The van der Waals surface area contributed by atoms with Crippen molar-refractivity contribution in [2.75, 3.05) is 20.2 Å². The van der Waals surface area contributed by atoms with E-state index in [-0.39, 0.29) is 31.3 Å². The van der Waals surface area contributed by atoms with Crippen molar-refractivity contribution in [3.05, 3.63) is 112 Å². The molecule has 240 valence electrons. The second-order valence-corrected chi connectivity index (χ2v) is 16.0. The number of hydrogen-bond acceptors (Lipinski definition) is 7. The van der Waals surface area contributed by atoms with Crippen LogP contribution in [0.4, 0.5) is 0 Å². The quantitative estimate of drug-likeness (QED) is 0.155. The van der Waals surface area contributed by atoms with Crippen molar-refractivity contribution >= 4 is 53.4 Å². The van der Waals surface area contributed by atoms with Gasteiger partial charge in [-0.3, -0.25) is 19.1 Å². The van der Waals surface area contributed by atoms with Gasteiger partial charge in [-0.05, 0) is 78.4 Å². The van der Waals surface area contributed by atoms with E-state index in [1.54, 1.807) is 25.3 Å². The molecule has 0 aliphatic carbocycles. The van der Waals surface area contributed by atoms with Gasteiger partial charge in [-0.25, -0.2) is 0 Å². The minimum Gasteiger partial charge on any atom is -0.497 e. The molecule has 0 unspecified atom stereocenters. The number of benzene rings is 4. The first kappa shape index (κ1) is 32.1. The molecule has 6 rings (SSSR count). The Morgan fingerprint density at radius 3 is 2.49 bits per heavy atom. The summed E-state index contributed by atoms with van der Waals surface area (Å²) >= 11 is 6.20. The van der Waals surface area contributed by atoms with Crippen LogP contribution >= 0.6 is 11.6 Å². The zero-order valence-corrected chi connectivity index (χ0v) is 28.3. The van der Waals surface area contributed by atoms with Crippen LogP contribution in [-0.2, 0) is 4.79 Å². The molecule has 0 radical (unpaired) electrons. The van der Waals surface area contributed by atoms with Crippen molar-refractivity contribution in [2.24, 2.45) is 4.99 Å². The van der Waals surface area contributed by atoms with Crippen molar-refractivity contribution in [3.63, 3.8) is 0 Å². The maximum atomic E-state index is 13.3. The summed E-state index contributed by atoms with van der Waals surface area (Å²) in [5, 5.41) is 17.9. The molecular formula is C35H35ClN6O4Si. The van der Waals surface area contributed by atoms with Crippen molar-refractivity contribution in [3.8, 4) is 11.4 Å². The number of rotatable bonds is 9. The lowest BCUT2D eigenvalue weighted by Crippen LogP contribution is -2.41. The van der Waals surface area contributed by atoms with E-state index >= 15 is 0 Å². The first-order valence-electron chi connectivity index (χ1n) is 15.3. The number of methoxy groups -OCH3 is 1. The number of fused-ring (bicyclic) bond motifs is 4. The van der Waals surface area contributed by atoms with Gasteiger partial charge in [-0.2, -0.15) is 0 Å². The summed E-state index contributed by atoms with van der Waals surface area (Å²) in [5.41, 5.74) is 3.64. The van der Waals surface area contributed by atoms with Gasteiger partial charge in [0.2, 0.25) is 14.2 Å². The third-order valence-corrected chi connectivity index (χ3v) is 10.2. The molecular weight excluding hydrogens is 632 g/mol. The van der Waals surface area contributed by atoms with E-state index in [4.69, 9.17) is 21.3 Å². The minimum absolute atomic E-state index is 0.0164. The lowest BCUT2D eigenvalue weighted by molar-refractivity contribution is -0.121. The summed E-state index contributed by atoms with van der Waals surface area (Å²) in [6, 6.07) is 23.8. The number of carbonyl (C=O) groups is 2. The fraction of sp³-hybridized carbons (Fsp3) is 0.229. The number of aromatic nitrogens is 3. The molecule has 2 amide bonds. The van der Waals surface area contributed by atoms with Crippen molar-refractivity contribution < 1.29 is 19.1 Å². The van der Waals surface area contributed by atoms with Gasteiger partial charge in [0.25, 0.3) is 5.91 Å². The molecule has 1 aliphatic heterocycles. The molecule has 1 aliphatic rings. The number of halogens is 1. The molecule has 10 nitrogen and oxygen atoms in total. The van der Waals surface area contributed by atoms with E-state index in [0.29, 0.717) is 33.7 Å². The van der Waals surface area contributed by atoms with E-state index in [1.807, 2.05) is 85.2 Å². The third-order valence-electron chi connectivity index (χ3n) is 8.17. The van der Waals surface area contributed by atoms with Gasteiger partial charge < -0.3 is 20.2 Å². The number of nitrogens with zero attached hydrogens (tertiary/aromatic N) is 4. The zero-order chi connectivity index (χ0) is 33.3. The van der Waals surface area contributed by atoms with Crippen LogP contribution in [0, 0.1) is 6.92 Å². The Kier molecular flexibility index (Phi) is 8.96. The maximum Gasteiger partial charge on any atom is 0.251 e. The predicted molar refractivity (Wildman–Crippen MR) is 186 cm³/mol. The molecule has 1 atom stereocenters. The topological polar surface area (TPSA) is 131 Å². The lowest BCUT2D eigenvalue weighted by atomic mass is 10.00. The molecule has 47 heavy (non-hydrogen) atoms. The molecule has 0 saturated heterocycles. The summed E-state index contributed by atoms with van der Waals surface area (Å²) in [5.74, 6) is 1.37. The first-order chi connectivity index (χ1) is 22.5. The van der Waals surface area contributed by atoms with E-state index in [9.17, 15) is 14.4 Å². The van der Waals surface area contributed by atoms with Gasteiger partial charge in [0.15, 0.2) is 5.82 Å². The molecule has 3 N–H and O–H groups in total. The molecule has 2 heterocycles. The number of aliphatic imine (C=N–C) groups is 1. The average Bonchev–Trinajstić information content (AvgIpc) is 3.38. The van der Waals surface area contributed by atoms with Crippen molar-refractivity contribution in [1.29, 1.82) is 0 Å². The maximum absolute atomic E-state index is 13.3. The van der Waals surface area contributed by atoms with Crippen LogP contribution in [0.5, 0.6) is 5.75 Å². The number of nitrogens with one attached hydrogen (secondary N) is 2. The van der Waals surface area contributed by atoms with Crippen molar-refractivity contribution in [1.82, 2.24) is 25.4 Å². The van der Waals surface area contributed by atoms with Gasteiger partial charge >= 0.3 is 0 Å². The van der Waals surface area contributed by atoms with Gasteiger partial charge in [0.1, 0.15) is 17.6 Å². The van der Waals surface area contributed by atoms with E-state index in [2.05, 4.69) is 20.8 Å². The third kappa shape index (κ3) is 6.69. The van der Waals surface area contributed by atoms with Crippen LogP contribution in [0.2, 0.25) is 18.1 Å². The second-order valence-electron chi connectivity index (χ2n) is 11.9. The van der Waals surface area contributed by atoms with Crippen LogP contribution in [-0.4, -0.2) is 65.6 Å². The summed E-state index contributed by atoms with van der Waals surface area (Å²) in [6.45, 7) is 6.04. The highest BCUT2D eigenvalue weighted by atomic mass is 35.5. The first-order valence-corrected chi connectivity index (χ1v) is 18.6. The van der Waals surface area contributed by atoms with Crippen LogP contribution in [0.25, 0.3) is 16.5 Å². The Morgan fingerprint density at radius 1 is 0.979 bits per heavy atom. The standard InChI is InChI=1S/C35H35ClN6O4Si/c1-21-40-41-34-29(39-33(23-10-12-25(36)13-11-23)28-19-26(46-2)14-15-30(28)42(21)34)20-32(43)37-16-17-38-35(44)24-9-8-22-6-5-7-31(27(22)18-24)47(3,4)45/h5-15,18-19,29,45H,16-17,20H2,1-4H3,(H,37,43)(H,38,44)/t29-/m0/s1. The summed E-state index contributed by atoms with van der Waals surface area (Å²) in [6.07, 6.45) is 0.0164. The Bertz CT molecular complexity index is 2020. The Hall–Kier alpha value is -4.84. The molecule has 0 bridgehead atoms. The average molecular weight is 667 g/mol. The molecule has 0 saturated carbocycles. The molecule has 5 aromatic rings. The number of hydrogen-bond donors (Lipinski definition) is 3. The summed E-state index contributed by atoms with van der Waals surface area (Å²) < 4.78 is 7.46. The van der Waals surface area contributed by atoms with Crippen molar-refractivity contribution in [2.45, 2.75) is 32.5 Å². The second kappa shape index (κ2) is 13.1. The fourth-order valence-electron chi connectivity index (χ4n) is 5.85. The molecule has 4 aromatic carbocycles. The highest BCUT2D eigenvalue weighted by Gasteiger charge is 2.30. The van der Waals surface area contributed by atoms with E-state index < -0.39 is 14.4 Å². The van der Waals surface area contributed by atoms with Gasteiger partial charge in [0.05, 0.1) is 24.9 Å². The Labute approximate surface area is 278 Å². The van der Waals surface area contributed by atoms with Crippen LogP contribution < -0.4 is 20.6 Å². The zero-order valence-electron chi connectivity index (χ0n) is 26.5. The molecule has 0 fully saturated rings. The van der Waals surface area contributed by atoms with Crippen LogP contribution in [0.3, 0.4) is 0 Å². The number of ether oxygens (including phenoxy) is 1. The largest absolute Gasteiger partial charge is 0.497 e. The smallest absolute Gasteiger partial charge is 0.251 e.